The van der Waals surface area contributed by atoms with Gasteiger partial charge < -0.3 is 14.4 Å². The number of nitrogens with zero attached hydrogens (tertiary/aromatic N) is 1. The van der Waals surface area contributed by atoms with Crippen LogP contribution in [0.3, 0.4) is 0 Å². The van der Waals surface area contributed by atoms with E-state index in [4.69, 9.17) is 9.47 Å². The van der Waals surface area contributed by atoms with Gasteiger partial charge in [0, 0.05) is 26.2 Å². The summed E-state index contributed by atoms with van der Waals surface area (Å²) in [5, 5.41) is 0. The van der Waals surface area contributed by atoms with Gasteiger partial charge in [0.1, 0.15) is 6.61 Å². The van der Waals surface area contributed by atoms with E-state index in [0.29, 0.717) is 19.6 Å². The molecule has 4 aliphatic rings. The number of carbonyl (C=O) groups is 2. The molecule has 0 saturated carbocycles. The Bertz CT molecular complexity index is 630. The molecule has 0 aromatic rings. The molecular weight excluding hydrogens is 270 g/mol. The minimum atomic E-state index is -0.487. The lowest BCUT2D eigenvalue weighted by Gasteiger charge is -2.50. The lowest BCUT2D eigenvalue weighted by Crippen LogP contribution is -2.56. The normalized spacial score (nSPS) is 34.2. The van der Waals surface area contributed by atoms with E-state index in [9.17, 15) is 9.59 Å². The van der Waals surface area contributed by atoms with E-state index < -0.39 is 5.54 Å². The molecule has 2 unspecified atom stereocenters. The van der Waals surface area contributed by atoms with Crippen LogP contribution < -0.4 is 0 Å². The molecule has 0 N–H and O–H groups in total. The lowest BCUT2D eigenvalue weighted by atomic mass is 9.69. The van der Waals surface area contributed by atoms with Crippen molar-refractivity contribution in [3.8, 4) is 0 Å². The summed E-state index contributed by atoms with van der Waals surface area (Å²) in [4.78, 5) is 26.1. The highest BCUT2D eigenvalue weighted by atomic mass is 16.5. The molecule has 3 heterocycles. The molecule has 21 heavy (non-hydrogen) atoms. The molecule has 5 heteroatoms. The van der Waals surface area contributed by atoms with Gasteiger partial charge in [0.25, 0.3) is 0 Å². The Balaban J connectivity index is 1.89. The maximum atomic E-state index is 12.4. The van der Waals surface area contributed by atoms with E-state index in [0.717, 1.165) is 17.6 Å². The van der Waals surface area contributed by atoms with Gasteiger partial charge in [-0.25, -0.2) is 0 Å². The van der Waals surface area contributed by atoms with Crippen LogP contribution in [0.4, 0.5) is 0 Å². The fraction of sp³-hybridized carbons (Fsp3) is 0.500. The van der Waals surface area contributed by atoms with Crippen molar-refractivity contribution < 1.29 is 19.1 Å². The Labute approximate surface area is 122 Å². The van der Waals surface area contributed by atoms with Gasteiger partial charge in [0.2, 0.25) is 5.91 Å². The van der Waals surface area contributed by atoms with Gasteiger partial charge in [0.05, 0.1) is 18.1 Å². The first-order chi connectivity index (χ1) is 10.1. The number of hydrogen-bond acceptors (Lipinski definition) is 4. The molecule has 0 bridgehead atoms. The number of ether oxygens (including phenoxy) is 2. The number of rotatable bonds is 1. The van der Waals surface area contributed by atoms with Crippen LogP contribution in [0, 0.1) is 0 Å². The van der Waals surface area contributed by atoms with Crippen molar-refractivity contribution in [2.24, 2.45) is 0 Å². The molecule has 1 aliphatic carbocycles. The van der Waals surface area contributed by atoms with E-state index >= 15 is 0 Å². The Hall–Kier alpha value is -1.88. The van der Waals surface area contributed by atoms with Gasteiger partial charge >= 0.3 is 5.97 Å². The maximum Gasteiger partial charge on any atom is 0.310 e. The third kappa shape index (κ3) is 1.61. The summed E-state index contributed by atoms with van der Waals surface area (Å²) in [6.07, 6.45) is 7.39. The Morgan fingerprint density at radius 3 is 3.10 bits per heavy atom. The maximum absolute atomic E-state index is 12.4. The summed E-state index contributed by atoms with van der Waals surface area (Å²) in [6.45, 7) is 1.05. The summed E-state index contributed by atoms with van der Waals surface area (Å²) >= 11 is 0. The van der Waals surface area contributed by atoms with Crippen molar-refractivity contribution >= 4 is 11.9 Å². The average molecular weight is 287 g/mol. The molecule has 2 atom stereocenters. The number of cyclic esters (lactones) is 1. The van der Waals surface area contributed by atoms with E-state index in [1.807, 2.05) is 17.1 Å². The van der Waals surface area contributed by atoms with Crippen molar-refractivity contribution in [2.75, 3.05) is 20.3 Å². The molecule has 0 fully saturated rings. The molecule has 4 rings (SSSR count). The molecule has 1 amide bonds. The predicted octanol–water partition coefficient (Wildman–Crippen LogP) is 1.12. The standard InChI is InChI=1S/C16H17NO4/c1-20-12-3-2-11-6-14(18)17-5-4-10-9-21-15(19)7-13(10)16(11,17)8-12/h2-3,6,12H,4-5,7-9H2,1H3. The Morgan fingerprint density at radius 2 is 2.29 bits per heavy atom. The van der Waals surface area contributed by atoms with Crippen LogP contribution in [-0.2, 0) is 19.1 Å². The monoisotopic (exact) mass is 287 g/mol. The topological polar surface area (TPSA) is 55.8 Å². The SMILES string of the molecule is COC1C=CC2=CC(=O)N3CCC4=C(CC(=O)OC4)C23C1. The Kier molecular flexibility index (Phi) is 2.63. The zero-order valence-corrected chi connectivity index (χ0v) is 11.9. The quantitative estimate of drug-likeness (QED) is 0.535. The number of amides is 1. The van der Waals surface area contributed by atoms with E-state index in [-0.39, 0.29) is 24.4 Å². The molecular formula is C16H17NO4. The second-order valence-corrected chi connectivity index (χ2v) is 5.96. The summed E-state index contributed by atoms with van der Waals surface area (Å²) in [5.41, 5.74) is 2.74. The van der Waals surface area contributed by atoms with Gasteiger partial charge in [-0.15, -0.1) is 0 Å². The minimum Gasteiger partial charge on any atom is -0.461 e. The fourth-order valence-electron chi connectivity index (χ4n) is 4.07. The van der Waals surface area contributed by atoms with Crippen LogP contribution in [0.15, 0.2) is 34.9 Å². The number of methoxy groups -OCH3 is 1. The van der Waals surface area contributed by atoms with Crippen LogP contribution in [-0.4, -0.2) is 48.7 Å². The summed E-state index contributed by atoms with van der Waals surface area (Å²) in [5.74, 6) is -0.163. The number of esters is 1. The third-order valence-corrected chi connectivity index (χ3v) is 5.06. The van der Waals surface area contributed by atoms with E-state index in [2.05, 4.69) is 0 Å². The first-order valence-electron chi connectivity index (χ1n) is 7.27. The molecule has 0 radical (unpaired) electrons. The van der Waals surface area contributed by atoms with E-state index in [1.165, 1.54) is 5.57 Å². The lowest BCUT2D eigenvalue weighted by molar-refractivity contribution is -0.144. The van der Waals surface area contributed by atoms with E-state index in [1.54, 1.807) is 13.2 Å². The Morgan fingerprint density at radius 1 is 1.43 bits per heavy atom. The summed E-state index contributed by atoms with van der Waals surface area (Å²) < 4.78 is 10.7. The van der Waals surface area contributed by atoms with Crippen molar-refractivity contribution in [3.05, 3.63) is 34.9 Å². The van der Waals surface area contributed by atoms with Gasteiger partial charge in [-0.1, -0.05) is 12.2 Å². The number of carbonyl (C=O) groups excluding carboxylic acids is 2. The molecule has 3 aliphatic heterocycles. The zero-order valence-electron chi connectivity index (χ0n) is 11.9. The second kappa shape index (κ2) is 4.31. The van der Waals surface area contributed by atoms with Crippen molar-refractivity contribution in [3.63, 3.8) is 0 Å². The van der Waals surface area contributed by atoms with Crippen molar-refractivity contribution in [2.45, 2.75) is 30.9 Å². The van der Waals surface area contributed by atoms with Crippen LogP contribution in [0.1, 0.15) is 19.3 Å². The first-order valence-corrected chi connectivity index (χ1v) is 7.27. The van der Waals surface area contributed by atoms with Gasteiger partial charge in [-0.2, -0.15) is 0 Å². The van der Waals surface area contributed by atoms with Crippen LogP contribution in [0.5, 0.6) is 0 Å². The first kappa shape index (κ1) is 12.8. The van der Waals surface area contributed by atoms with Crippen LogP contribution in [0.2, 0.25) is 0 Å². The predicted molar refractivity (Wildman–Crippen MR) is 74.3 cm³/mol. The second-order valence-electron chi connectivity index (χ2n) is 5.96. The average Bonchev–Trinajstić information content (AvgIpc) is 2.79. The zero-order chi connectivity index (χ0) is 14.6. The molecule has 1 spiro atoms. The molecule has 5 nitrogen and oxygen atoms in total. The molecule has 0 aromatic heterocycles. The van der Waals surface area contributed by atoms with Crippen LogP contribution >= 0.6 is 0 Å². The van der Waals surface area contributed by atoms with Crippen molar-refractivity contribution in [1.29, 1.82) is 0 Å². The van der Waals surface area contributed by atoms with Crippen LogP contribution in [0.25, 0.3) is 0 Å². The highest BCUT2D eigenvalue weighted by Gasteiger charge is 2.55. The minimum absolute atomic E-state index is 0.0388. The largest absolute Gasteiger partial charge is 0.461 e. The van der Waals surface area contributed by atoms with Gasteiger partial charge in [0.15, 0.2) is 0 Å². The molecule has 0 saturated heterocycles. The smallest absolute Gasteiger partial charge is 0.310 e. The van der Waals surface area contributed by atoms with Gasteiger partial charge in [-0.3, -0.25) is 9.59 Å². The van der Waals surface area contributed by atoms with Gasteiger partial charge in [-0.05, 0) is 23.1 Å². The molecule has 0 aromatic carbocycles. The molecule has 110 valence electrons. The summed E-state index contributed by atoms with van der Waals surface area (Å²) in [6, 6.07) is 0. The highest BCUT2D eigenvalue weighted by molar-refractivity contribution is 5.96. The third-order valence-electron chi connectivity index (χ3n) is 5.06. The fourth-order valence-corrected chi connectivity index (χ4v) is 4.07. The van der Waals surface area contributed by atoms with Crippen molar-refractivity contribution in [1.82, 2.24) is 4.90 Å². The highest BCUT2D eigenvalue weighted by Crippen LogP contribution is 2.50. The summed E-state index contributed by atoms with van der Waals surface area (Å²) in [7, 11) is 1.68. The number of hydrogen-bond donors (Lipinski definition) is 0.